The molecule has 0 atom stereocenters. The summed E-state index contributed by atoms with van der Waals surface area (Å²) in [5.41, 5.74) is 1.71. The number of pyridine rings is 2. The third kappa shape index (κ3) is 5.10. The van der Waals surface area contributed by atoms with Gasteiger partial charge in [-0.3, -0.25) is 9.59 Å². The number of nitrogens with one attached hydrogen (secondary N) is 2. The lowest BCUT2D eigenvalue weighted by Gasteiger charge is -2.10. The van der Waals surface area contributed by atoms with Crippen LogP contribution in [0.5, 0.6) is 0 Å². The second-order valence-electron chi connectivity index (χ2n) is 7.30. The second-order valence-corrected chi connectivity index (χ2v) is 7.30. The minimum Gasteiger partial charge on any atom is -0.322 e. The molecule has 2 N–H and O–H groups in total. The molecule has 4 rings (SSSR count). The van der Waals surface area contributed by atoms with E-state index in [9.17, 15) is 22.8 Å². The molecule has 0 aliphatic carbocycles. The molecule has 2 aromatic heterocycles. The molecule has 0 fully saturated rings. The molecule has 2 aromatic carbocycles. The largest absolute Gasteiger partial charge is 0.416 e. The van der Waals surface area contributed by atoms with Crippen LogP contribution < -0.4 is 10.9 Å². The second kappa shape index (κ2) is 8.63. The van der Waals surface area contributed by atoms with Gasteiger partial charge in [0, 0.05) is 40.0 Å². The first kappa shape index (κ1) is 21.8. The Morgan fingerprint density at radius 1 is 1.03 bits per heavy atom. The van der Waals surface area contributed by atoms with Crippen LogP contribution >= 0.6 is 0 Å². The van der Waals surface area contributed by atoms with Crippen molar-refractivity contribution in [2.75, 3.05) is 5.32 Å². The van der Waals surface area contributed by atoms with E-state index in [1.807, 2.05) is 6.92 Å². The number of alkyl halides is 3. The summed E-state index contributed by atoms with van der Waals surface area (Å²) in [6.45, 7) is 1.84. The summed E-state index contributed by atoms with van der Waals surface area (Å²) < 4.78 is 38.7. The first-order chi connectivity index (χ1) is 15.7. The average molecular weight is 447 g/mol. The number of carbonyl (C=O) groups is 1. The van der Waals surface area contributed by atoms with Gasteiger partial charge in [0.15, 0.2) is 0 Å². The van der Waals surface area contributed by atoms with Crippen molar-refractivity contribution in [3.05, 3.63) is 105 Å². The standard InChI is InChI=1S/C25H16F3N3O2/c1-15-5-7-19(24(33)30-21-4-2-3-20(13-21)25(26,27)28)12-17(15)8-6-16-11-18-9-10-22(32)31-23(18)29-14-16/h2-5,7,9-14H,1H3,(H,30,33)(H,29,31,32). The van der Waals surface area contributed by atoms with E-state index in [0.29, 0.717) is 16.8 Å². The molecule has 0 aliphatic rings. The Morgan fingerprint density at radius 2 is 1.85 bits per heavy atom. The molecule has 5 nitrogen and oxygen atoms in total. The number of H-pyrrole nitrogens is 1. The number of aromatic amines is 1. The zero-order chi connectivity index (χ0) is 23.6. The SMILES string of the molecule is Cc1ccc(C(=O)Nc2cccc(C(F)(F)F)c2)cc1C#Cc1cnc2[nH]c(=O)ccc2c1. The van der Waals surface area contributed by atoms with Crippen LogP contribution in [0, 0.1) is 18.8 Å². The van der Waals surface area contributed by atoms with E-state index in [-0.39, 0.29) is 16.8 Å². The van der Waals surface area contributed by atoms with E-state index in [1.54, 1.807) is 30.3 Å². The molecule has 2 heterocycles. The van der Waals surface area contributed by atoms with Crippen LogP contribution in [0.3, 0.4) is 0 Å². The van der Waals surface area contributed by atoms with Crippen molar-refractivity contribution >= 4 is 22.6 Å². The van der Waals surface area contributed by atoms with Crippen molar-refractivity contribution < 1.29 is 18.0 Å². The van der Waals surface area contributed by atoms with Gasteiger partial charge < -0.3 is 10.3 Å². The Morgan fingerprint density at radius 3 is 2.64 bits per heavy atom. The molecule has 0 saturated heterocycles. The maximum atomic E-state index is 12.9. The minimum absolute atomic E-state index is 0.0447. The zero-order valence-electron chi connectivity index (χ0n) is 17.2. The van der Waals surface area contributed by atoms with E-state index in [2.05, 4.69) is 27.1 Å². The van der Waals surface area contributed by atoms with E-state index in [4.69, 9.17) is 0 Å². The molecule has 0 saturated carbocycles. The van der Waals surface area contributed by atoms with Crippen LogP contribution in [0.25, 0.3) is 11.0 Å². The van der Waals surface area contributed by atoms with Gasteiger partial charge >= 0.3 is 6.18 Å². The topological polar surface area (TPSA) is 74.8 Å². The van der Waals surface area contributed by atoms with Gasteiger partial charge in [-0.2, -0.15) is 13.2 Å². The number of aromatic nitrogens is 2. The molecule has 0 spiro atoms. The molecule has 0 bridgehead atoms. The lowest BCUT2D eigenvalue weighted by Crippen LogP contribution is -2.13. The molecule has 1 amide bonds. The van der Waals surface area contributed by atoms with Gasteiger partial charge in [-0.1, -0.05) is 24.0 Å². The summed E-state index contributed by atoms with van der Waals surface area (Å²) in [5.74, 6) is 5.44. The molecule has 0 aliphatic heterocycles. The van der Waals surface area contributed by atoms with Gasteiger partial charge in [0.25, 0.3) is 5.91 Å². The number of anilines is 1. The third-order valence-corrected chi connectivity index (χ3v) is 4.86. The fourth-order valence-electron chi connectivity index (χ4n) is 3.12. The van der Waals surface area contributed by atoms with Crippen LogP contribution in [-0.4, -0.2) is 15.9 Å². The van der Waals surface area contributed by atoms with Gasteiger partial charge in [0.05, 0.1) is 5.56 Å². The molecule has 0 unspecified atom stereocenters. The summed E-state index contributed by atoms with van der Waals surface area (Å²) in [6.07, 6.45) is -2.97. The normalized spacial score (nSPS) is 11.0. The van der Waals surface area contributed by atoms with Crippen molar-refractivity contribution in [2.45, 2.75) is 13.1 Å². The minimum atomic E-state index is -4.50. The number of halogens is 3. The lowest BCUT2D eigenvalue weighted by atomic mass is 10.0. The predicted molar refractivity (Wildman–Crippen MR) is 119 cm³/mol. The van der Waals surface area contributed by atoms with Crippen LogP contribution in [0.2, 0.25) is 0 Å². The maximum absolute atomic E-state index is 12.9. The number of rotatable bonds is 2. The Bertz CT molecular complexity index is 1490. The molecule has 8 heteroatoms. The van der Waals surface area contributed by atoms with Crippen molar-refractivity contribution in [3.63, 3.8) is 0 Å². The first-order valence-electron chi connectivity index (χ1n) is 9.79. The maximum Gasteiger partial charge on any atom is 0.416 e. The van der Waals surface area contributed by atoms with Gasteiger partial charge in [0.2, 0.25) is 5.56 Å². The number of hydrogen-bond acceptors (Lipinski definition) is 3. The summed E-state index contributed by atoms with van der Waals surface area (Å²) in [5, 5.41) is 3.22. The fraction of sp³-hybridized carbons (Fsp3) is 0.0800. The zero-order valence-corrected chi connectivity index (χ0v) is 17.2. The average Bonchev–Trinajstić information content (AvgIpc) is 2.78. The molecule has 33 heavy (non-hydrogen) atoms. The van der Waals surface area contributed by atoms with Gasteiger partial charge in [-0.15, -0.1) is 0 Å². The van der Waals surface area contributed by atoms with Crippen molar-refractivity contribution in [1.29, 1.82) is 0 Å². The van der Waals surface area contributed by atoms with E-state index >= 15 is 0 Å². The van der Waals surface area contributed by atoms with E-state index in [0.717, 1.165) is 23.1 Å². The highest BCUT2D eigenvalue weighted by molar-refractivity contribution is 6.04. The smallest absolute Gasteiger partial charge is 0.322 e. The van der Waals surface area contributed by atoms with E-state index in [1.165, 1.54) is 24.4 Å². The number of carbonyl (C=O) groups excluding carboxylic acids is 1. The van der Waals surface area contributed by atoms with Crippen molar-refractivity contribution in [1.82, 2.24) is 9.97 Å². The highest BCUT2D eigenvalue weighted by Gasteiger charge is 2.30. The van der Waals surface area contributed by atoms with E-state index < -0.39 is 17.6 Å². The van der Waals surface area contributed by atoms with Crippen LogP contribution in [0.1, 0.15) is 32.6 Å². The summed E-state index contributed by atoms with van der Waals surface area (Å²) in [6, 6.07) is 14.2. The third-order valence-electron chi connectivity index (χ3n) is 4.86. The summed E-state index contributed by atoms with van der Waals surface area (Å²) in [7, 11) is 0. The molecular weight excluding hydrogens is 431 g/mol. The van der Waals surface area contributed by atoms with Gasteiger partial charge in [-0.25, -0.2) is 4.98 Å². The van der Waals surface area contributed by atoms with Gasteiger partial charge in [0.1, 0.15) is 5.65 Å². The summed E-state index contributed by atoms with van der Waals surface area (Å²) >= 11 is 0. The Labute approximate surface area is 186 Å². The summed E-state index contributed by atoms with van der Waals surface area (Å²) in [4.78, 5) is 30.8. The number of hydrogen-bond donors (Lipinski definition) is 2. The Kier molecular flexibility index (Phi) is 5.71. The fourth-order valence-corrected chi connectivity index (χ4v) is 3.12. The Hall–Kier alpha value is -4.38. The molecule has 4 aromatic rings. The number of fused-ring (bicyclic) bond motifs is 1. The lowest BCUT2D eigenvalue weighted by molar-refractivity contribution is -0.137. The Balaban J connectivity index is 1.58. The number of benzene rings is 2. The molecule has 0 radical (unpaired) electrons. The molecule has 164 valence electrons. The van der Waals surface area contributed by atoms with Crippen LogP contribution in [0.4, 0.5) is 18.9 Å². The van der Waals surface area contributed by atoms with Crippen LogP contribution in [-0.2, 0) is 6.18 Å². The highest BCUT2D eigenvalue weighted by Crippen LogP contribution is 2.30. The van der Waals surface area contributed by atoms with Crippen molar-refractivity contribution in [3.8, 4) is 11.8 Å². The monoisotopic (exact) mass is 447 g/mol. The first-order valence-corrected chi connectivity index (χ1v) is 9.79. The van der Waals surface area contributed by atoms with Crippen molar-refractivity contribution in [2.24, 2.45) is 0 Å². The number of aryl methyl sites for hydroxylation is 1. The van der Waals surface area contributed by atoms with Gasteiger partial charge in [-0.05, 0) is 55.0 Å². The quantitative estimate of drug-likeness (QED) is 0.429. The number of amides is 1. The highest BCUT2D eigenvalue weighted by atomic mass is 19.4. The predicted octanol–water partition coefficient (Wildman–Crippen LogP) is 4.90. The van der Waals surface area contributed by atoms with Crippen LogP contribution in [0.15, 0.2) is 71.7 Å². The number of nitrogens with zero attached hydrogens (tertiary/aromatic N) is 1. The molecular formula is C25H16F3N3O2.